The molecule has 1 aliphatic rings. The molecule has 2 rings (SSSR count). The second kappa shape index (κ2) is 7.22. The molecule has 1 fully saturated rings. The third-order valence-corrected chi connectivity index (χ3v) is 3.53. The molecule has 0 unspecified atom stereocenters. The van der Waals surface area contributed by atoms with Crippen LogP contribution in [-0.4, -0.2) is 30.5 Å². The largest absolute Gasteiger partial charge is 0.370 e. The lowest BCUT2D eigenvalue weighted by Gasteiger charge is -2.21. The van der Waals surface area contributed by atoms with Crippen LogP contribution in [0.4, 0.5) is 8.78 Å². The summed E-state index contributed by atoms with van der Waals surface area (Å²) in [5, 5.41) is 0. The Labute approximate surface area is 118 Å². The molecular formula is C15H21F2N3. The van der Waals surface area contributed by atoms with Crippen molar-refractivity contribution in [2.45, 2.75) is 32.1 Å². The van der Waals surface area contributed by atoms with Crippen LogP contribution in [0.5, 0.6) is 0 Å². The van der Waals surface area contributed by atoms with E-state index in [4.69, 9.17) is 5.73 Å². The van der Waals surface area contributed by atoms with Gasteiger partial charge in [-0.2, -0.15) is 0 Å². The second-order valence-electron chi connectivity index (χ2n) is 5.17. The normalized spacial score (nSPS) is 17.1. The zero-order valence-corrected chi connectivity index (χ0v) is 11.6. The van der Waals surface area contributed by atoms with Crippen molar-refractivity contribution in [2.75, 3.05) is 19.6 Å². The number of guanidine groups is 1. The molecule has 0 radical (unpaired) electrons. The van der Waals surface area contributed by atoms with Crippen LogP contribution in [-0.2, 0) is 6.42 Å². The fraction of sp³-hybridized carbons (Fsp3) is 0.533. The number of likely N-dealkylation sites (tertiary alicyclic amines) is 1. The van der Waals surface area contributed by atoms with Crippen molar-refractivity contribution in [3.63, 3.8) is 0 Å². The summed E-state index contributed by atoms with van der Waals surface area (Å²) >= 11 is 0. The Morgan fingerprint density at radius 3 is 2.25 bits per heavy atom. The first-order chi connectivity index (χ1) is 9.65. The number of nitrogens with two attached hydrogens (primary N) is 1. The van der Waals surface area contributed by atoms with Crippen LogP contribution in [0.3, 0.4) is 0 Å². The van der Waals surface area contributed by atoms with Crippen molar-refractivity contribution in [1.29, 1.82) is 0 Å². The fourth-order valence-electron chi connectivity index (χ4n) is 2.45. The number of rotatable bonds is 3. The molecular weight excluding hydrogens is 260 g/mol. The molecule has 0 saturated carbocycles. The van der Waals surface area contributed by atoms with Crippen molar-refractivity contribution in [2.24, 2.45) is 10.7 Å². The quantitative estimate of drug-likeness (QED) is 0.683. The second-order valence-corrected chi connectivity index (χ2v) is 5.17. The summed E-state index contributed by atoms with van der Waals surface area (Å²) in [4.78, 5) is 6.42. The van der Waals surface area contributed by atoms with Crippen molar-refractivity contribution in [3.05, 3.63) is 35.4 Å². The van der Waals surface area contributed by atoms with Crippen LogP contribution >= 0.6 is 0 Å². The van der Waals surface area contributed by atoms with Crippen molar-refractivity contribution < 1.29 is 8.78 Å². The zero-order valence-electron chi connectivity index (χ0n) is 11.6. The maximum atomic E-state index is 13.0. The van der Waals surface area contributed by atoms with Crippen molar-refractivity contribution >= 4 is 5.96 Å². The molecule has 1 aromatic carbocycles. The summed E-state index contributed by atoms with van der Waals surface area (Å²) in [5.74, 6) is -0.558. The lowest BCUT2D eigenvalue weighted by atomic mass is 10.1. The number of benzene rings is 1. The van der Waals surface area contributed by atoms with Crippen LogP contribution in [0.1, 0.15) is 31.2 Å². The Balaban J connectivity index is 1.88. The maximum Gasteiger partial charge on any atom is 0.191 e. The van der Waals surface area contributed by atoms with Gasteiger partial charge < -0.3 is 10.6 Å². The van der Waals surface area contributed by atoms with Gasteiger partial charge >= 0.3 is 0 Å². The van der Waals surface area contributed by atoms with Crippen LogP contribution in [0, 0.1) is 11.6 Å². The summed E-state index contributed by atoms with van der Waals surface area (Å²) in [6.45, 7) is 2.35. The Hall–Kier alpha value is -1.65. The minimum absolute atomic E-state index is 0.450. The van der Waals surface area contributed by atoms with E-state index in [9.17, 15) is 8.78 Å². The topological polar surface area (TPSA) is 41.6 Å². The molecule has 0 aromatic heterocycles. The van der Waals surface area contributed by atoms with Crippen LogP contribution < -0.4 is 5.73 Å². The van der Waals surface area contributed by atoms with Gasteiger partial charge in [0.15, 0.2) is 5.96 Å². The van der Waals surface area contributed by atoms with Crippen LogP contribution in [0.25, 0.3) is 0 Å². The Bertz CT molecular complexity index is 446. The standard InChI is InChI=1S/C15H21F2N3/c16-13-9-12(10-14(17)11-13)5-6-19-15(18)20-7-3-1-2-4-8-20/h9-11H,1-8H2,(H2,18,19). The molecule has 20 heavy (non-hydrogen) atoms. The third kappa shape index (κ3) is 4.47. The van der Waals surface area contributed by atoms with Gasteiger partial charge in [0.25, 0.3) is 0 Å². The first-order valence-electron chi connectivity index (χ1n) is 7.15. The van der Waals surface area contributed by atoms with Gasteiger partial charge in [-0.3, -0.25) is 4.99 Å². The van der Waals surface area contributed by atoms with E-state index in [1.54, 1.807) is 0 Å². The molecule has 0 amide bonds. The van der Waals surface area contributed by atoms with Crippen molar-refractivity contribution in [3.8, 4) is 0 Å². The van der Waals surface area contributed by atoms with Gasteiger partial charge in [0.2, 0.25) is 0 Å². The highest BCUT2D eigenvalue weighted by Gasteiger charge is 2.10. The summed E-state index contributed by atoms with van der Waals surface area (Å²) in [7, 11) is 0. The number of hydrogen-bond donors (Lipinski definition) is 1. The SMILES string of the molecule is NC(=NCCc1cc(F)cc(F)c1)N1CCCCCC1. The summed E-state index contributed by atoms with van der Waals surface area (Å²) in [5.41, 5.74) is 6.58. The van der Waals surface area contributed by atoms with Gasteiger partial charge in [0, 0.05) is 25.7 Å². The molecule has 0 aliphatic carbocycles. The zero-order chi connectivity index (χ0) is 14.4. The predicted octanol–water partition coefficient (Wildman–Crippen LogP) is 2.70. The van der Waals surface area contributed by atoms with E-state index in [1.807, 2.05) is 0 Å². The summed E-state index contributed by atoms with van der Waals surface area (Å²) < 4.78 is 26.1. The summed E-state index contributed by atoms with van der Waals surface area (Å²) in [6.07, 6.45) is 5.26. The van der Waals surface area contributed by atoms with E-state index in [0.717, 1.165) is 32.0 Å². The van der Waals surface area contributed by atoms with E-state index in [1.165, 1.54) is 25.0 Å². The maximum absolute atomic E-state index is 13.0. The van der Waals surface area contributed by atoms with E-state index < -0.39 is 11.6 Å². The minimum atomic E-state index is -0.551. The van der Waals surface area contributed by atoms with Crippen LogP contribution in [0.15, 0.2) is 23.2 Å². The highest BCUT2D eigenvalue weighted by molar-refractivity contribution is 5.78. The first-order valence-corrected chi connectivity index (χ1v) is 7.15. The Morgan fingerprint density at radius 2 is 1.65 bits per heavy atom. The van der Waals surface area contributed by atoms with Gasteiger partial charge in [-0.15, -0.1) is 0 Å². The first kappa shape index (κ1) is 14.8. The highest BCUT2D eigenvalue weighted by atomic mass is 19.1. The molecule has 1 saturated heterocycles. The van der Waals surface area contributed by atoms with Gasteiger partial charge in [0.05, 0.1) is 0 Å². The number of nitrogens with zero attached hydrogens (tertiary/aromatic N) is 2. The van der Waals surface area contributed by atoms with E-state index in [-0.39, 0.29) is 0 Å². The van der Waals surface area contributed by atoms with Gasteiger partial charge in [-0.1, -0.05) is 12.8 Å². The number of hydrogen-bond acceptors (Lipinski definition) is 1. The Morgan fingerprint density at radius 1 is 1.05 bits per heavy atom. The average molecular weight is 281 g/mol. The summed E-state index contributed by atoms with van der Waals surface area (Å²) in [6, 6.07) is 3.54. The molecule has 0 bridgehead atoms. The molecule has 1 aliphatic heterocycles. The predicted molar refractivity (Wildman–Crippen MR) is 76.6 cm³/mol. The number of halogens is 2. The monoisotopic (exact) mass is 281 g/mol. The lowest BCUT2D eigenvalue weighted by Crippen LogP contribution is -2.38. The van der Waals surface area contributed by atoms with Crippen molar-refractivity contribution in [1.82, 2.24) is 4.90 Å². The number of aliphatic imine (C=N–C) groups is 1. The lowest BCUT2D eigenvalue weighted by molar-refractivity contribution is 0.428. The van der Waals surface area contributed by atoms with Gasteiger partial charge in [-0.05, 0) is 37.0 Å². The van der Waals surface area contributed by atoms with Gasteiger partial charge in [0.1, 0.15) is 11.6 Å². The average Bonchev–Trinajstić information content (AvgIpc) is 2.66. The molecule has 2 N–H and O–H groups in total. The molecule has 0 spiro atoms. The van der Waals surface area contributed by atoms with Gasteiger partial charge in [-0.25, -0.2) is 8.78 Å². The smallest absolute Gasteiger partial charge is 0.191 e. The fourth-order valence-corrected chi connectivity index (χ4v) is 2.45. The minimum Gasteiger partial charge on any atom is -0.370 e. The molecule has 5 heteroatoms. The molecule has 1 heterocycles. The Kier molecular flexibility index (Phi) is 5.32. The molecule has 1 aromatic rings. The van der Waals surface area contributed by atoms with E-state index in [0.29, 0.717) is 24.5 Å². The third-order valence-electron chi connectivity index (χ3n) is 3.53. The molecule has 0 atom stereocenters. The van der Waals surface area contributed by atoms with E-state index in [2.05, 4.69) is 9.89 Å². The molecule has 110 valence electrons. The molecule has 3 nitrogen and oxygen atoms in total. The highest BCUT2D eigenvalue weighted by Crippen LogP contribution is 2.10. The van der Waals surface area contributed by atoms with E-state index >= 15 is 0 Å². The van der Waals surface area contributed by atoms with Crippen LogP contribution in [0.2, 0.25) is 0 Å².